The maximum Gasteiger partial charge on any atom is 0.422 e. The summed E-state index contributed by atoms with van der Waals surface area (Å²) in [5.74, 6) is -1.03. The normalized spacial score (nSPS) is 11.2. The summed E-state index contributed by atoms with van der Waals surface area (Å²) in [4.78, 5) is 15.9. The molecule has 0 atom stereocenters. The van der Waals surface area contributed by atoms with E-state index in [1.165, 1.54) is 18.3 Å². The lowest BCUT2D eigenvalue weighted by Gasteiger charge is -2.13. The quantitative estimate of drug-likeness (QED) is 0.902. The molecular weight excluding hydrogens is 333 g/mol. The smallest absolute Gasteiger partial charge is 0.422 e. The molecule has 122 valence electrons. The van der Waals surface area contributed by atoms with Crippen LogP contribution in [0.3, 0.4) is 0 Å². The molecule has 1 aromatic carbocycles. The Morgan fingerprint density at radius 1 is 1.35 bits per heavy atom. The molecule has 0 aliphatic rings. The molecule has 0 bridgehead atoms. The van der Waals surface area contributed by atoms with Crippen molar-refractivity contribution in [2.45, 2.75) is 13.1 Å². The van der Waals surface area contributed by atoms with Crippen LogP contribution in [0, 0.1) is 6.92 Å². The number of rotatable bonds is 4. The first-order valence-corrected chi connectivity index (χ1v) is 6.86. The summed E-state index contributed by atoms with van der Waals surface area (Å²) >= 11 is 5.86. The van der Waals surface area contributed by atoms with Crippen molar-refractivity contribution in [3.05, 3.63) is 52.7 Å². The Morgan fingerprint density at radius 2 is 2.09 bits per heavy atom. The third-order valence-electron chi connectivity index (χ3n) is 2.84. The van der Waals surface area contributed by atoms with Gasteiger partial charge in [-0.1, -0.05) is 17.7 Å². The highest BCUT2D eigenvalue weighted by Gasteiger charge is 2.29. The molecule has 0 saturated heterocycles. The minimum Gasteiger partial charge on any atom is -0.467 e. The lowest BCUT2D eigenvalue weighted by Crippen LogP contribution is -2.22. The minimum atomic E-state index is -4.52. The van der Waals surface area contributed by atoms with Crippen molar-refractivity contribution < 1.29 is 22.7 Å². The third-order valence-corrected chi connectivity index (χ3v) is 3.07. The van der Waals surface area contributed by atoms with Crippen LogP contribution in [-0.2, 0) is 0 Å². The second kappa shape index (κ2) is 6.87. The SMILES string of the molecule is Cc1ccc(Cl)cc1NC(=O)c1cccnc1OCC(F)(F)F. The maximum atomic E-state index is 12.3. The fourth-order valence-corrected chi connectivity index (χ4v) is 1.92. The number of aryl methyl sites for hydroxylation is 1. The van der Waals surface area contributed by atoms with E-state index in [9.17, 15) is 18.0 Å². The summed E-state index contributed by atoms with van der Waals surface area (Å²) in [6.07, 6.45) is -3.28. The van der Waals surface area contributed by atoms with Gasteiger partial charge in [-0.2, -0.15) is 13.2 Å². The minimum absolute atomic E-state index is 0.101. The number of ether oxygens (including phenoxy) is 1. The molecule has 8 heteroatoms. The lowest BCUT2D eigenvalue weighted by molar-refractivity contribution is -0.154. The average Bonchev–Trinajstić information content (AvgIpc) is 2.48. The number of nitrogens with one attached hydrogen (secondary N) is 1. The molecule has 0 radical (unpaired) electrons. The molecule has 1 N–H and O–H groups in total. The zero-order valence-electron chi connectivity index (χ0n) is 11.9. The van der Waals surface area contributed by atoms with E-state index in [4.69, 9.17) is 11.6 Å². The van der Waals surface area contributed by atoms with Gasteiger partial charge in [0.2, 0.25) is 5.88 Å². The van der Waals surface area contributed by atoms with Gasteiger partial charge in [0.25, 0.3) is 5.91 Å². The van der Waals surface area contributed by atoms with Crippen LogP contribution in [0.5, 0.6) is 5.88 Å². The summed E-state index contributed by atoms with van der Waals surface area (Å²) in [6.45, 7) is 0.233. The van der Waals surface area contributed by atoms with E-state index in [0.717, 1.165) is 5.56 Å². The molecule has 0 aliphatic carbocycles. The molecule has 0 saturated carbocycles. The van der Waals surface area contributed by atoms with Gasteiger partial charge in [-0.15, -0.1) is 0 Å². The summed E-state index contributed by atoms with van der Waals surface area (Å²) in [6, 6.07) is 7.67. The van der Waals surface area contributed by atoms with E-state index in [0.29, 0.717) is 10.7 Å². The fourth-order valence-electron chi connectivity index (χ4n) is 1.75. The van der Waals surface area contributed by atoms with Crippen molar-refractivity contribution in [1.29, 1.82) is 0 Å². The van der Waals surface area contributed by atoms with Crippen LogP contribution in [0.4, 0.5) is 18.9 Å². The topological polar surface area (TPSA) is 51.2 Å². The number of anilines is 1. The predicted octanol–water partition coefficient (Wildman–Crippen LogP) is 4.24. The zero-order chi connectivity index (χ0) is 17.0. The number of halogens is 4. The van der Waals surface area contributed by atoms with Crippen molar-refractivity contribution >= 4 is 23.2 Å². The Labute approximate surface area is 135 Å². The van der Waals surface area contributed by atoms with Gasteiger partial charge in [-0.05, 0) is 36.8 Å². The maximum absolute atomic E-state index is 12.3. The number of benzene rings is 1. The van der Waals surface area contributed by atoms with Crippen LogP contribution in [0.15, 0.2) is 36.5 Å². The number of nitrogens with zero attached hydrogens (tertiary/aromatic N) is 1. The van der Waals surface area contributed by atoms with E-state index < -0.39 is 18.7 Å². The summed E-state index contributed by atoms with van der Waals surface area (Å²) in [5.41, 5.74) is 1.11. The monoisotopic (exact) mass is 344 g/mol. The highest BCUT2D eigenvalue weighted by Crippen LogP contribution is 2.24. The molecular formula is C15H12ClF3N2O2. The molecule has 1 aromatic heterocycles. The Hall–Kier alpha value is -2.28. The molecule has 0 unspecified atom stereocenters. The number of amides is 1. The highest BCUT2D eigenvalue weighted by atomic mass is 35.5. The van der Waals surface area contributed by atoms with E-state index in [1.54, 1.807) is 25.1 Å². The number of hydrogen-bond acceptors (Lipinski definition) is 3. The van der Waals surface area contributed by atoms with Crippen LogP contribution in [-0.4, -0.2) is 23.7 Å². The van der Waals surface area contributed by atoms with Gasteiger partial charge in [0.15, 0.2) is 6.61 Å². The first-order chi connectivity index (χ1) is 10.8. The second-order valence-electron chi connectivity index (χ2n) is 4.67. The molecule has 0 aliphatic heterocycles. The molecule has 4 nitrogen and oxygen atoms in total. The molecule has 1 amide bonds. The summed E-state index contributed by atoms with van der Waals surface area (Å²) in [7, 11) is 0. The Balaban J connectivity index is 2.21. The van der Waals surface area contributed by atoms with Gasteiger partial charge >= 0.3 is 6.18 Å². The van der Waals surface area contributed by atoms with Gasteiger partial charge in [-0.25, -0.2) is 4.98 Å². The molecule has 23 heavy (non-hydrogen) atoms. The Bertz CT molecular complexity index is 720. The molecule has 2 rings (SSSR count). The molecule has 1 heterocycles. The summed E-state index contributed by atoms with van der Waals surface area (Å²) < 4.78 is 41.3. The van der Waals surface area contributed by atoms with E-state index in [-0.39, 0.29) is 11.4 Å². The largest absolute Gasteiger partial charge is 0.467 e. The number of carbonyl (C=O) groups excluding carboxylic acids is 1. The van der Waals surface area contributed by atoms with Crippen LogP contribution < -0.4 is 10.1 Å². The average molecular weight is 345 g/mol. The Morgan fingerprint density at radius 3 is 2.78 bits per heavy atom. The van der Waals surface area contributed by atoms with E-state index in [2.05, 4.69) is 15.0 Å². The van der Waals surface area contributed by atoms with Crippen LogP contribution in [0.25, 0.3) is 0 Å². The van der Waals surface area contributed by atoms with Crippen molar-refractivity contribution in [1.82, 2.24) is 4.98 Å². The highest BCUT2D eigenvalue weighted by molar-refractivity contribution is 6.31. The summed E-state index contributed by atoms with van der Waals surface area (Å²) in [5, 5.41) is 3.00. The third kappa shape index (κ3) is 4.85. The first-order valence-electron chi connectivity index (χ1n) is 6.48. The number of hydrogen-bond donors (Lipinski definition) is 1. The van der Waals surface area contributed by atoms with Crippen molar-refractivity contribution in [2.75, 3.05) is 11.9 Å². The number of carbonyl (C=O) groups is 1. The van der Waals surface area contributed by atoms with E-state index in [1.807, 2.05) is 0 Å². The fraction of sp³-hybridized carbons (Fsp3) is 0.200. The molecule has 0 spiro atoms. The number of alkyl halides is 3. The zero-order valence-corrected chi connectivity index (χ0v) is 12.7. The standard InChI is InChI=1S/C15H12ClF3N2O2/c1-9-4-5-10(16)7-12(9)21-13(22)11-3-2-6-20-14(11)23-8-15(17,18)19/h2-7H,8H2,1H3,(H,21,22). The van der Waals surface area contributed by atoms with E-state index >= 15 is 0 Å². The van der Waals surface area contributed by atoms with Gasteiger partial charge in [-0.3, -0.25) is 4.79 Å². The van der Waals surface area contributed by atoms with Gasteiger partial charge in [0, 0.05) is 16.9 Å². The van der Waals surface area contributed by atoms with Crippen molar-refractivity contribution in [3.8, 4) is 5.88 Å². The van der Waals surface area contributed by atoms with Crippen molar-refractivity contribution in [3.63, 3.8) is 0 Å². The molecule has 0 fully saturated rings. The number of aromatic nitrogens is 1. The second-order valence-corrected chi connectivity index (χ2v) is 5.11. The van der Waals surface area contributed by atoms with Gasteiger partial charge < -0.3 is 10.1 Å². The Kier molecular flexibility index (Phi) is 5.10. The van der Waals surface area contributed by atoms with Gasteiger partial charge in [0.05, 0.1) is 0 Å². The lowest BCUT2D eigenvalue weighted by atomic mass is 10.2. The molecule has 2 aromatic rings. The van der Waals surface area contributed by atoms with Crippen molar-refractivity contribution in [2.24, 2.45) is 0 Å². The van der Waals surface area contributed by atoms with Gasteiger partial charge in [0.1, 0.15) is 5.56 Å². The van der Waals surface area contributed by atoms with Crippen LogP contribution >= 0.6 is 11.6 Å². The predicted molar refractivity (Wildman–Crippen MR) is 79.9 cm³/mol. The van der Waals surface area contributed by atoms with Crippen LogP contribution in [0.1, 0.15) is 15.9 Å². The first kappa shape index (κ1) is 17.1. The number of pyridine rings is 1. The van der Waals surface area contributed by atoms with Crippen LogP contribution in [0.2, 0.25) is 5.02 Å².